The number of nitrogens with one attached hydrogen (secondary N) is 2. The summed E-state index contributed by atoms with van der Waals surface area (Å²) in [4.78, 5) is 18.2. The Morgan fingerprint density at radius 3 is 2.87 bits per heavy atom. The van der Waals surface area contributed by atoms with Gasteiger partial charge in [-0.25, -0.2) is 4.98 Å². The molecule has 0 fully saturated rings. The Morgan fingerprint density at radius 2 is 2.40 bits per heavy atom. The van der Waals surface area contributed by atoms with E-state index >= 15 is 0 Å². The van der Waals surface area contributed by atoms with E-state index < -0.39 is 0 Å². The molecule has 0 saturated heterocycles. The number of aliphatic hydroxyl groups excluding tert-OH is 1. The molecule has 1 aromatic rings. The highest BCUT2D eigenvalue weighted by molar-refractivity contribution is 5.78. The van der Waals surface area contributed by atoms with E-state index in [0.29, 0.717) is 6.42 Å². The highest BCUT2D eigenvalue weighted by Gasteiger charge is 2.14. The number of aromatic amines is 1. The van der Waals surface area contributed by atoms with Gasteiger partial charge in [0.1, 0.15) is 0 Å². The molecular formula is C10H17N3O2. The second kappa shape index (κ2) is 5.50. The Hall–Kier alpha value is -1.36. The van der Waals surface area contributed by atoms with Crippen LogP contribution in [-0.2, 0) is 11.2 Å². The Bertz CT molecular complexity index is 296. The van der Waals surface area contributed by atoms with Crippen molar-refractivity contribution >= 4 is 5.91 Å². The molecule has 5 nitrogen and oxygen atoms in total. The second-order valence-electron chi connectivity index (χ2n) is 3.82. The van der Waals surface area contributed by atoms with Crippen molar-refractivity contribution in [2.24, 2.45) is 5.92 Å². The van der Waals surface area contributed by atoms with Crippen molar-refractivity contribution in [1.29, 1.82) is 0 Å². The third-order valence-electron chi connectivity index (χ3n) is 2.11. The maximum atomic E-state index is 11.4. The van der Waals surface area contributed by atoms with E-state index in [0.717, 1.165) is 5.69 Å². The summed E-state index contributed by atoms with van der Waals surface area (Å²) in [5.41, 5.74) is 0.901. The molecule has 0 aliphatic carbocycles. The molecule has 15 heavy (non-hydrogen) atoms. The maximum Gasteiger partial charge on any atom is 0.222 e. The molecule has 0 radical (unpaired) electrons. The summed E-state index contributed by atoms with van der Waals surface area (Å²) in [5, 5.41) is 11.9. The number of H-pyrrole nitrogens is 1. The number of aliphatic hydroxyl groups is 1. The molecule has 1 heterocycles. The van der Waals surface area contributed by atoms with E-state index in [1.807, 2.05) is 13.8 Å². The van der Waals surface area contributed by atoms with Crippen molar-refractivity contribution in [2.45, 2.75) is 26.3 Å². The van der Waals surface area contributed by atoms with Crippen LogP contribution in [0.2, 0.25) is 0 Å². The van der Waals surface area contributed by atoms with Gasteiger partial charge < -0.3 is 15.4 Å². The zero-order chi connectivity index (χ0) is 11.3. The number of nitrogens with zero attached hydrogens (tertiary/aromatic N) is 1. The van der Waals surface area contributed by atoms with Gasteiger partial charge in [-0.05, 0) is 0 Å². The van der Waals surface area contributed by atoms with Crippen molar-refractivity contribution in [3.05, 3.63) is 18.2 Å². The van der Waals surface area contributed by atoms with Gasteiger partial charge in [0.2, 0.25) is 5.91 Å². The first-order valence-corrected chi connectivity index (χ1v) is 5.02. The minimum absolute atomic E-state index is 0.0476. The van der Waals surface area contributed by atoms with Crippen LogP contribution in [0, 0.1) is 5.92 Å². The number of carbonyl (C=O) groups excluding carboxylic acids is 1. The zero-order valence-corrected chi connectivity index (χ0v) is 9.03. The molecule has 1 amide bonds. The molecule has 1 atom stereocenters. The summed E-state index contributed by atoms with van der Waals surface area (Å²) >= 11 is 0. The summed E-state index contributed by atoms with van der Waals surface area (Å²) in [5.74, 6) is -0.116. The molecule has 0 aliphatic rings. The average Bonchev–Trinajstić information content (AvgIpc) is 2.69. The molecule has 1 unspecified atom stereocenters. The highest BCUT2D eigenvalue weighted by atomic mass is 16.3. The van der Waals surface area contributed by atoms with Crippen molar-refractivity contribution < 1.29 is 9.90 Å². The van der Waals surface area contributed by atoms with Crippen LogP contribution in [0.25, 0.3) is 0 Å². The largest absolute Gasteiger partial charge is 0.394 e. The van der Waals surface area contributed by atoms with Crippen LogP contribution < -0.4 is 5.32 Å². The molecule has 0 aliphatic heterocycles. The third-order valence-corrected chi connectivity index (χ3v) is 2.11. The lowest BCUT2D eigenvalue weighted by atomic mass is 10.1. The van der Waals surface area contributed by atoms with E-state index in [1.54, 1.807) is 12.5 Å². The fourth-order valence-electron chi connectivity index (χ4n) is 1.19. The molecule has 0 bridgehead atoms. The lowest BCUT2D eigenvalue weighted by Gasteiger charge is -2.16. The van der Waals surface area contributed by atoms with Crippen LogP contribution in [0.15, 0.2) is 12.5 Å². The van der Waals surface area contributed by atoms with Crippen LogP contribution in [-0.4, -0.2) is 33.6 Å². The number of hydrogen-bond acceptors (Lipinski definition) is 3. The summed E-state index contributed by atoms with van der Waals surface area (Å²) in [6.45, 7) is 3.57. The zero-order valence-electron chi connectivity index (χ0n) is 9.03. The number of amides is 1. The summed E-state index contributed by atoms with van der Waals surface area (Å²) < 4.78 is 0. The van der Waals surface area contributed by atoms with E-state index in [4.69, 9.17) is 5.11 Å². The fraction of sp³-hybridized carbons (Fsp3) is 0.600. The van der Waals surface area contributed by atoms with E-state index in [9.17, 15) is 4.79 Å². The van der Waals surface area contributed by atoms with Crippen LogP contribution in [0.1, 0.15) is 19.5 Å². The summed E-state index contributed by atoms with van der Waals surface area (Å²) in [7, 11) is 0. The van der Waals surface area contributed by atoms with Gasteiger partial charge in [-0.2, -0.15) is 0 Å². The predicted molar refractivity (Wildman–Crippen MR) is 56.1 cm³/mol. The first kappa shape index (κ1) is 11.7. The Morgan fingerprint density at radius 1 is 1.67 bits per heavy atom. The van der Waals surface area contributed by atoms with Crippen LogP contribution >= 0.6 is 0 Å². The highest BCUT2D eigenvalue weighted by Crippen LogP contribution is 2.00. The van der Waals surface area contributed by atoms with Gasteiger partial charge in [-0.1, -0.05) is 13.8 Å². The number of carbonyl (C=O) groups is 1. The smallest absolute Gasteiger partial charge is 0.222 e. The van der Waals surface area contributed by atoms with Gasteiger partial charge in [-0.15, -0.1) is 0 Å². The molecule has 1 aromatic heterocycles. The van der Waals surface area contributed by atoms with Crippen LogP contribution in [0.4, 0.5) is 0 Å². The topological polar surface area (TPSA) is 78.0 Å². The minimum Gasteiger partial charge on any atom is -0.394 e. The Labute approximate surface area is 88.9 Å². The molecular weight excluding hydrogens is 194 g/mol. The second-order valence-corrected chi connectivity index (χ2v) is 3.82. The number of rotatable bonds is 5. The number of hydrogen-bond donors (Lipinski definition) is 3. The van der Waals surface area contributed by atoms with E-state index in [1.165, 1.54) is 0 Å². The first-order valence-electron chi connectivity index (χ1n) is 5.02. The van der Waals surface area contributed by atoms with Gasteiger partial charge >= 0.3 is 0 Å². The van der Waals surface area contributed by atoms with E-state index in [-0.39, 0.29) is 24.5 Å². The molecule has 0 saturated carbocycles. The van der Waals surface area contributed by atoms with Crippen molar-refractivity contribution in [1.82, 2.24) is 15.3 Å². The van der Waals surface area contributed by atoms with Gasteiger partial charge in [0, 0.05) is 24.2 Å². The van der Waals surface area contributed by atoms with Gasteiger partial charge in [0.25, 0.3) is 0 Å². The average molecular weight is 211 g/mol. The molecule has 84 valence electrons. The van der Waals surface area contributed by atoms with Crippen molar-refractivity contribution in [3.8, 4) is 0 Å². The van der Waals surface area contributed by atoms with E-state index in [2.05, 4.69) is 15.3 Å². The first-order chi connectivity index (χ1) is 7.13. The van der Waals surface area contributed by atoms with Crippen LogP contribution in [0.5, 0.6) is 0 Å². The lowest BCUT2D eigenvalue weighted by molar-refractivity contribution is -0.125. The lowest BCUT2D eigenvalue weighted by Crippen LogP contribution is -2.41. The Kier molecular flexibility index (Phi) is 4.30. The Balaban J connectivity index is 2.46. The SMILES string of the molecule is CC(C)C(=O)NC(CO)Cc1cnc[nH]1. The monoisotopic (exact) mass is 211 g/mol. The number of imidazole rings is 1. The molecule has 0 spiro atoms. The van der Waals surface area contributed by atoms with Gasteiger partial charge in [0.05, 0.1) is 19.0 Å². The van der Waals surface area contributed by atoms with Gasteiger partial charge in [0.15, 0.2) is 0 Å². The van der Waals surface area contributed by atoms with Crippen LogP contribution in [0.3, 0.4) is 0 Å². The molecule has 0 aromatic carbocycles. The fourth-order valence-corrected chi connectivity index (χ4v) is 1.19. The molecule has 5 heteroatoms. The minimum atomic E-state index is -0.250. The molecule has 3 N–H and O–H groups in total. The van der Waals surface area contributed by atoms with Crippen molar-refractivity contribution in [2.75, 3.05) is 6.61 Å². The van der Waals surface area contributed by atoms with Crippen molar-refractivity contribution in [3.63, 3.8) is 0 Å². The normalized spacial score (nSPS) is 12.8. The van der Waals surface area contributed by atoms with Gasteiger partial charge in [-0.3, -0.25) is 4.79 Å². The predicted octanol–water partition coefficient (Wildman–Crippen LogP) is 0.0853. The summed E-state index contributed by atoms with van der Waals surface area (Å²) in [6.07, 6.45) is 3.83. The summed E-state index contributed by atoms with van der Waals surface area (Å²) in [6, 6.07) is -0.250. The third kappa shape index (κ3) is 3.71. The number of aromatic nitrogens is 2. The quantitative estimate of drug-likeness (QED) is 0.645. The standard InChI is InChI=1S/C10H17N3O2/c1-7(2)10(15)13-9(5-14)3-8-4-11-6-12-8/h4,6-7,9,14H,3,5H2,1-2H3,(H,11,12)(H,13,15). The molecule has 1 rings (SSSR count). The maximum absolute atomic E-state index is 11.4.